The molecule has 0 amide bonds. The van der Waals surface area contributed by atoms with Gasteiger partial charge in [-0.15, -0.1) is 0 Å². The van der Waals surface area contributed by atoms with Crippen molar-refractivity contribution in [3.8, 4) is 11.8 Å². The van der Waals surface area contributed by atoms with Crippen LogP contribution in [-0.2, 0) is 9.53 Å². The van der Waals surface area contributed by atoms with Crippen LogP contribution in [0.1, 0.15) is 37.8 Å². The Morgan fingerprint density at radius 2 is 2.18 bits per heavy atom. The van der Waals surface area contributed by atoms with E-state index in [2.05, 4.69) is 25.7 Å². The van der Waals surface area contributed by atoms with Gasteiger partial charge in [0.2, 0.25) is 0 Å². The maximum Gasteiger partial charge on any atom is 0.384 e. The second-order valence-electron chi connectivity index (χ2n) is 3.97. The predicted molar refractivity (Wildman–Crippen MR) is 68.5 cm³/mol. The number of hydrogen-bond donors (Lipinski definition) is 1. The van der Waals surface area contributed by atoms with E-state index in [9.17, 15) is 4.79 Å². The zero-order valence-corrected chi connectivity index (χ0v) is 10.4. The predicted octanol–water partition coefficient (Wildman–Crippen LogP) is 2.31. The lowest BCUT2D eigenvalue weighted by molar-refractivity contribution is -0.136. The Morgan fingerprint density at radius 3 is 2.76 bits per heavy atom. The summed E-state index contributed by atoms with van der Waals surface area (Å²) in [6, 6.07) is 5.69. The molecule has 0 spiro atoms. The third-order valence-corrected chi connectivity index (χ3v) is 2.32. The zero-order chi connectivity index (χ0) is 12.8. The maximum atomic E-state index is 11.1. The Balaban J connectivity index is 2.97. The number of carbonyl (C=O) groups excluding carboxylic acids is 1. The molecule has 0 aliphatic carbocycles. The number of hydrogen-bond acceptors (Lipinski definition) is 3. The fourth-order valence-electron chi connectivity index (χ4n) is 1.33. The van der Waals surface area contributed by atoms with Crippen LogP contribution in [0.3, 0.4) is 0 Å². The van der Waals surface area contributed by atoms with Crippen LogP contribution in [0, 0.1) is 11.8 Å². The zero-order valence-electron chi connectivity index (χ0n) is 10.4. The molecule has 3 nitrogen and oxygen atoms in total. The third kappa shape index (κ3) is 3.84. The monoisotopic (exact) mass is 231 g/mol. The number of ether oxygens (including phenoxy) is 1. The van der Waals surface area contributed by atoms with Gasteiger partial charge in [0.15, 0.2) is 0 Å². The normalized spacial score (nSPS) is 9.65. The van der Waals surface area contributed by atoms with Gasteiger partial charge in [0.1, 0.15) is 0 Å². The molecule has 0 saturated heterocycles. The van der Waals surface area contributed by atoms with Crippen LogP contribution in [0.25, 0.3) is 0 Å². The van der Waals surface area contributed by atoms with Crippen molar-refractivity contribution in [2.45, 2.75) is 26.7 Å². The van der Waals surface area contributed by atoms with Crippen molar-refractivity contribution in [2.75, 3.05) is 12.3 Å². The van der Waals surface area contributed by atoms with Gasteiger partial charge in [-0.05, 0) is 30.5 Å². The van der Waals surface area contributed by atoms with Crippen LogP contribution < -0.4 is 5.73 Å². The molecule has 0 unspecified atom stereocenters. The van der Waals surface area contributed by atoms with E-state index in [0.29, 0.717) is 23.8 Å². The van der Waals surface area contributed by atoms with E-state index in [-0.39, 0.29) is 0 Å². The first kappa shape index (κ1) is 13.1. The van der Waals surface area contributed by atoms with E-state index in [1.807, 2.05) is 18.2 Å². The van der Waals surface area contributed by atoms with Crippen LogP contribution in [0.2, 0.25) is 0 Å². The quantitative estimate of drug-likeness (QED) is 0.483. The van der Waals surface area contributed by atoms with E-state index in [0.717, 1.165) is 5.56 Å². The van der Waals surface area contributed by atoms with Gasteiger partial charge in [0, 0.05) is 17.2 Å². The Morgan fingerprint density at radius 1 is 1.47 bits per heavy atom. The maximum absolute atomic E-state index is 11.1. The highest BCUT2D eigenvalue weighted by Gasteiger charge is 2.02. The fraction of sp³-hybridized carbons (Fsp3) is 0.357. The standard InChI is InChI=1S/C14H17NO2/c1-4-17-14(16)8-6-12-9-11(10(2)3)5-7-13(12)15/h5,7,9-10H,4,15H2,1-3H3. The molecule has 0 heterocycles. The van der Waals surface area contributed by atoms with Crippen LogP contribution in [0.15, 0.2) is 18.2 Å². The Bertz CT molecular complexity index is 467. The topological polar surface area (TPSA) is 52.3 Å². The van der Waals surface area contributed by atoms with Crippen LogP contribution in [0.5, 0.6) is 0 Å². The fourth-order valence-corrected chi connectivity index (χ4v) is 1.33. The van der Waals surface area contributed by atoms with Crippen molar-refractivity contribution in [2.24, 2.45) is 0 Å². The molecule has 0 aliphatic heterocycles. The van der Waals surface area contributed by atoms with Gasteiger partial charge in [-0.3, -0.25) is 0 Å². The summed E-state index contributed by atoms with van der Waals surface area (Å²) in [4.78, 5) is 11.1. The van der Waals surface area contributed by atoms with E-state index < -0.39 is 5.97 Å². The lowest BCUT2D eigenvalue weighted by atomic mass is 10.00. The number of nitrogen functional groups attached to an aromatic ring is 1. The molecular formula is C14H17NO2. The van der Waals surface area contributed by atoms with Crippen LogP contribution in [-0.4, -0.2) is 12.6 Å². The molecule has 0 aromatic heterocycles. The molecular weight excluding hydrogens is 214 g/mol. The molecule has 90 valence electrons. The van der Waals surface area contributed by atoms with Gasteiger partial charge in [-0.25, -0.2) is 4.79 Å². The summed E-state index contributed by atoms with van der Waals surface area (Å²) in [5, 5.41) is 0. The highest BCUT2D eigenvalue weighted by molar-refractivity contribution is 5.89. The summed E-state index contributed by atoms with van der Waals surface area (Å²) in [6.07, 6.45) is 0. The van der Waals surface area contributed by atoms with Gasteiger partial charge < -0.3 is 10.5 Å². The molecule has 0 saturated carbocycles. The van der Waals surface area contributed by atoms with Gasteiger partial charge in [-0.2, -0.15) is 0 Å². The second-order valence-corrected chi connectivity index (χ2v) is 3.97. The highest BCUT2D eigenvalue weighted by atomic mass is 16.5. The number of rotatable bonds is 2. The van der Waals surface area contributed by atoms with Gasteiger partial charge in [0.05, 0.1) is 6.61 Å². The highest BCUT2D eigenvalue weighted by Crippen LogP contribution is 2.19. The molecule has 0 bridgehead atoms. The molecule has 0 aliphatic rings. The lowest BCUT2D eigenvalue weighted by Gasteiger charge is -2.07. The van der Waals surface area contributed by atoms with Crippen molar-refractivity contribution in [1.29, 1.82) is 0 Å². The molecule has 1 aromatic rings. The Labute approximate surface area is 102 Å². The summed E-state index contributed by atoms with van der Waals surface area (Å²) < 4.78 is 4.73. The molecule has 2 N–H and O–H groups in total. The number of esters is 1. The average Bonchev–Trinajstić information content (AvgIpc) is 2.28. The van der Waals surface area contributed by atoms with Crippen LogP contribution >= 0.6 is 0 Å². The number of carbonyl (C=O) groups is 1. The Kier molecular flexibility index (Phi) is 4.59. The number of nitrogens with two attached hydrogens (primary N) is 1. The minimum absolute atomic E-state index is 0.328. The SMILES string of the molecule is CCOC(=O)C#Cc1cc(C(C)C)ccc1N. The summed E-state index contributed by atoms with van der Waals surface area (Å²) in [5.74, 6) is 5.03. The van der Waals surface area contributed by atoms with Gasteiger partial charge in [0.25, 0.3) is 0 Å². The smallest absolute Gasteiger partial charge is 0.384 e. The van der Waals surface area contributed by atoms with Crippen molar-refractivity contribution >= 4 is 11.7 Å². The lowest BCUT2D eigenvalue weighted by Crippen LogP contribution is -2.00. The number of anilines is 1. The minimum Gasteiger partial charge on any atom is -0.456 e. The molecule has 1 aromatic carbocycles. The van der Waals surface area contributed by atoms with Crippen molar-refractivity contribution < 1.29 is 9.53 Å². The van der Waals surface area contributed by atoms with E-state index >= 15 is 0 Å². The van der Waals surface area contributed by atoms with Crippen molar-refractivity contribution in [1.82, 2.24) is 0 Å². The van der Waals surface area contributed by atoms with Crippen molar-refractivity contribution in [3.05, 3.63) is 29.3 Å². The summed E-state index contributed by atoms with van der Waals surface area (Å²) >= 11 is 0. The second kappa shape index (κ2) is 5.95. The Hall–Kier alpha value is -1.95. The number of benzene rings is 1. The molecule has 1 rings (SSSR count). The summed E-state index contributed by atoms with van der Waals surface area (Å²) in [7, 11) is 0. The third-order valence-electron chi connectivity index (χ3n) is 2.32. The first-order chi connectivity index (χ1) is 8.04. The summed E-state index contributed by atoms with van der Waals surface area (Å²) in [6.45, 7) is 6.25. The average molecular weight is 231 g/mol. The van der Waals surface area contributed by atoms with Crippen LogP contribution in [0.4, 0.5) is 5.69 Å². The first-order valence-corrected chi connectivity index (χ1v) is 5.62. The van der Waals surface area contributed by atoms with E-state index in [1.165, 1.54) is 0 Å². The molecule has 3 heteroatoms. The molecule has 0 atom stereocenters. The first-order valence-electron chi connectivity index (χ1n) is 5.62. The molecule has 17 heavy (non-hydrogen) atoms. The van der Waals surface area contributed by atoms with E-state index in [4.69, 9.17) is 10.5 Å². The van der Waals surface area contributed by atoms with Gasteiger partial charge in [-0.1, -0.05) is 25.8 Å². The molecule has 0 radical (unpaired) electrons. The minimum atomic E-state index is -0.526. The van der Waals surface area contributed by atoms with E-state index in [1.54, 1.807) is 6.92 Å². The van der Waals surface area contributed by atoms with Crippen molar-refractivity contribution in [3.63, 3.8) is 0 Å². The molecule has 0 fully saturated rings. The summed E-state index contributed by atoms with van der Waals surface area (Å²) in [5.41, 5.74) is 8.19. The van der Waals surface area contributed by atoms with Gasteiger partial charge >= 0.3 is 5.97 Å². The largest absolute Gasteiger partial charge is 0.456 e.